The van der Waals surface area contributed by atoms with Gasteiger partial charge in [-0.15, -0.1) is 0 Å². The lowest BCUT2D eigenvalue weighted by Crippen LogP contribution is -2.51. The van der Waals surface area contributed by atoms with E-state index in [1.54, 1.807) is 27.7 Å². The van der Waals surface area contributed by atoms with Crippen LogP contribution in [0, 0.1) is 5.92 Å². The number of hydrogen-bond acceptors (Lipinski definition) is 6. The SMILES string of the molecule is CCOC(=O)[C@@H]1C(Cc2ccccc2)=NO[C@H]1[C@H](Cc1ccccc1)NC(=O)OC(C)(C)C. The van der Waals surface area contributed by atoms with Crippen LogP contribution in [0.2, 0.25) is 0 Å². The van der Waals surface area contributed by atoms with Gasteiger partial charge in [-0.1, -0.05) is 65.8 Å². The Kier molecular flexibility index (Phi) is 8.09. The summed E-state index contributed by atoms with van der Waals surface area (Å²) in [6.07, 6.45) is -0.415. The van der Waals surface area contributed by atoms with Crippen LogP contribution in [-0.4, -0.2) is 42.1 Å². The molecule has 3 rings (SSSR count). The van der Waals surface area contributed by atoms with Crippen molar-refractivity contribution in [3.8, 4) is 0 Å². The molecule has 0 aliphatic carbocycles. The van der Waals surface area contributed by atoms with Crippen molar-refractivity contribution in [2.75, 3.05) is 6.61 Å². The smallest absolute Gasteiger partial charge is 0.408 e. The van der Waals surface area contributed by atoms with E-state index in [4.69, 9.17) is 14.3 Å². The Hall–Kier alpha value is -3.35. The quantitative estimate of drug-likeness (QED) is 0.604. The Morgan fingerprint density at radius 1 is 1.03 bits per heavy atom. The van der Waals surface area contributed by atoms with Crippen molar-refractivity contribution in [2.24, 2.45) is 11.1 Å². The minimum Gasteiger partial charge on any atom is -0.465 e. The summed E-state index contributed by atoms with van der Waals surface area (Å²) >= 11 is 0. The number of alkyl carbamates (subject to hydrolysis) is 1. The number of hydrogen-bond donors (Lipinski definition) is 1. The fourth-order valence-electron chi connectivity index (χ4n) is 3.77. The molecule has 0 bridgehead atoms. The second-order valence-corrected chi connectivity index (χ2v) is 8.99. The number of carbonyl (C=O) groups excluding carboxylic acids is 2. The van der Waals surface area contributed by atoms with E-state index >= 15 is 0 Å². The van der Waals surface area contributed by atoms with Crippen LogP contribution >= 0.6 is 0 Å². The molecule has 176 valence electrons. The molecule has 0 radical (unpaired) electrons. The van der Waals surface area contributed by atoms with Gasteiger partial charge in [0, 0.05) is 6.42 Å². The molecule has 0 saturated carbocycles. The number of benzene rings is 2. The van der Waals surface area contributed by atoms with Gasteiger partial charge in [0.05, 0.1) is 18.4 Å². The summed E-state index contributed by atoms with van der Waals surface area (Å²) in [5.74, 6) is -1.16. The van der Waals surface area contributed by atoms with E-state index in [-0.39, 0.29) is 6.61 Å². The highest BCUT2D eigenvalue weighted by atomic mass is 16.6. The van der Waals surface area contributed by atoms with E-state index in [2.05, 4.69) is 10.5 Å². The van der Waals surface area contributed by atoms with Gasteiger partial charge < -0.3 is 19.6 Å². The first-order valence-electron chi connectivity index (χ1n) is 11.2. The topological polar surface area (TPSA) is 86.2 Å². The average Bonchev–Trinajstić information content (AvgIpc) is 3.17. The number of ether oxygens (including phenoxy) is 2. The van der Waals surface area contributed by atoms with Gasteiger partial charge in [0.1, 0.15) is 11.5 Å². The minimum absolute atomic E-state index is 0.240. The maximum absolute atomic E-state index is 13.0. The monoisotopic (exact) mass is 452 g/mol. The summed E-state index contributed by atoms with van der Waals surface area (Å²) in [4.78, 5) is 31.4. The molecule has 7 heteroatoms. The Morgan fingerprint density at radius 3 is 2.21 bits per heavy atom. The number of nitrogens with zero attached hydrogens (tertiary/aromatic N) is 1. The number of oxime groups is 1. The molecule has 1 heterocycles. The second kappa shape index (κ2) is 11.0. The summed E-state index contributed by atoms with van der Waals surface area (Å²) in [5, 5.41) is 7.17. The van der Waals surface area contributed by atoms with Gasteiger partial charge >= 0.3 is 12.1 Å². The first-order valence-corrected chi connectivity index (χ1v) is 11.2. The lowest BCUT2D eigenvalue weighted by molar-refractivity contribution is -0.149. The molecule has 1 amide bonds. The summed E-state index contributed by atoms with van der Waals surface area (Å²) in [5.41, 5.74) is 1.91. The van der Waals surface area contributed by atoms with Crippen LogP contribution in [-0.2, 0) is 31.9 Å². The highest BCUT2D eigenvalue weighted by Crippen LogP contribution is 2.27. The van der Waals surface area contributed by atoms with Gasteiger partial charge in [0.25, 0.3) is 0 Å². The third kappa shape index (κ3) is 7.07. The van der Waals surface area contributed by atoms with Crippen molar-refractivity contribution in [1.29, 1.82) is 0 Å². The third-order valence-corrected chi connectivity index (χ3v) is 5.14. The lowest BCUT2D eigenvalue weighted by Gasteiger charge is -2.28. The number of amides is 1. The fourth-order valence-corrected chi connectivity index (χ4v) is 3.77. The molecule has 1 aliphatic heterocycles. The molecule has 33 heavy (non-hydrogen) atoms. The molecule has 0 unspecified atom stereocenters. The van der Waals surface area contributed by atoms with Crippen LogP contribution in [0.1, 0.15) is 38.8 Å². The summed E-state index contributed by atoms with van der Waals surface area (Å²) in [6, 6.07) is 18.9. The van der Waals surface area contributed by atoms with Gasteiger partial charge in [-0.3, -0.25) is 4.79 Å². The van der Waals surface area contributed by atoms with E-state index in [1.807, 2.05) is 60.7 Å². The van der Waals surface area contributed by atoms with Crippen molar-refractivity contribution in [3.63, 3.8) is 0 Å². The molecule has 0 fully saturated rings. The van der Waals surface area contributed by atoms with Gasteiger partial charge in [-0.05, 0) is 45.2 Å². The predicted octanol–water partition coefficient (Wildman–Crippen LogP) is 4.30. The zero-order valence-electron chi connectivity index (χ0n) is 19.6. The predicted molar refractivity (Wildman–Crippen MR) is 126 cm³/mol. The van der Waals surface area contributed by atoms with Crippen LogP contribution in [0.4, 0.5) is 4.79 Å². The van der Waals surface area contributed by atoms with Crippen molar-refractivity contribution in [3.05, 3.63) is 71.8 Å². The highest BCUT2D eigenvalue weighted by molar-refractivity contribution is 6.04. The Balaban J connectivity index is 1.87. The number of carbonyl (C=O) groups is 2. The average molecular weight is 453 g/mol. The maximum Gasteiger partial charge on any atom is 0.408 e. The molecule has 7 nitrogen and oxygen atoms in total. The van der Waals surface area contributed by atoms with Crippen molar-refractivity contribution < 1.29 is 23.9 Å². The molecule has 3 atom stereocenters. The van der Waals surface area contributed by atoms with E-state index in [9.17, 15) is 9.59 Å². The zero-order chi connectivity index (χ0) is 23.8. The molecule has 0 spiro atoms. The number of rotatable bonds is 8. The third-order valence-electron chi connectivity index (χ3n) is 5.14. The van der Waals surface area contributed by atoms with E-state index in [1.165, 1.54) is 0 Å². The lowest BCUT2D eigenvalue weighted by atomic mass is 9.87. The van der Waals surface area contributed by atoms with Crippen LogP contribution in [0.25, 0.3) is 0 Å². The van der Waals surface area contributed by atoms with E-state index in [0.29, 0.717) is 18.6 Å². The number of nitrogens with one attached hydrogen (secondary N) is 1. The normalized spacial score (nSPS) is 18.6. The molecular formula is C26H32N2O5. The van der Waals surface area contributed by atoms with E-state index in [0.717, 1.165) is 11.1 Å². The van der Waals surface area contributed by atoms with Crippen LogP contribution < -0.4 is 5.32 Å². The Bertz CT molecular complexity index is 954. The second-order valence-electron chi connectivity index (χ2n) is 8.99. The van der Waals surface area contributed by atoms with Crippen LogP contribution in [0.3, 0.4) is 0 Å². The molecule has 0 saturated heterocycles. The first kappa shape index (κ1) is 24.3. The van der Waals surface area contributed by atoms with Gasteiger partial charge in [0.2, 0.25) is 0 Å². The number of esters is 1. The largest absolute Gasteiger partial charge is 0.465 e. The highest BCUT2D eigenvalue weighted by Gasteiger charge is 2.46. The van der Waals surface area contributed by atoms with Gasteiger partial charge in [0.15, 0.2) is 6.10 Å². The fraction of sp³-hybridized carbons (Fsp3) is 0.423. The van der Waals surface area contributed by atoms with Crippen molar-refractivity contribution in [1.82, 2.24) is 5.32 Å². The summed E-state index contributed by atoms with van der Waals surface area (Å²) in [6.45, 7) is 7.40. The Labute approximate surface area is 195 Å². The summed E-state index contributed by atoms with van der Waals surface area (Å²) in [7, 11) is 0. The standard InChI is InChI=1S/C26H32N2O5/c1-5-31-24(29)22-20(16-18-12-8-6-9-13-18)28-33-23(22)21(17-19-14-10-7-11-15-19)27-25(30)32-26(2,3)4/h6-15,21-23H,5,16-17H2,1-4H3,(H,27,30)/t21-,22+,23-/m0/s1. The molecule has 2 aromatic rings. The molecule has 2 aromatic carbocycles. The van der Waals surface area contributed by atoms with Crippen molar-refractivity contribution >= 4 is 17.8 Å². The maximum atomic E-state index is 13.0. The molecular weight excluding hydrogens is 420 g/mol. The van der Waals surface area contributed by atoms with Gasteiger partial charge in [-0.25, -0.2) is 4.79 Å². The summed E-state index contributed by atoms with van der Waals surface area (Å²) < 4.78 is 10.8. The van der Waals surface area contributed by atoms with Crippen LogP contribution in [0.5, 0.6) is 0 Å². The first-order chi connectivity index (χ1) is 15.8. The van der Waals surface area contributed by atoms with Crippen molar-refractivity contribution in [2.45, 2.75) is 58.3 Å². The molecule has 0 aromatic heterocycles. The van der Waals surface area contributed by atoms with E-state index < -0.39 is 35.7 Å². The minimum atomic E-state index is -0.742. The van der Waals surface area contributed by atoms with Gasteiger partial charge in [-0.2, -0.15) is 0 Å². The zero-order valence-corrected chi connectivity index (χ0v) is 19.6. The molecule has 1 aliphatic rings. The van der Waals surface area contributed by atoms with Crippen LogP contribution in [0.15, 0.2) is 65.8 Å². The molecule has 1 N–H and O–H groups in total. The Morgan fingerprint density at radius 2 is 1.64 bits per heavy atom.